The Bertz CT molecular complexity index is 1320. The summed E-state index contributed by atoms with van der Waals surface area (Å²) in [7, 11) is 2.95. The molecule has 1 saturated heterocycles. The third-order valence-corrected chi connectivity index (χ3v) is 6.02. The molecular weight excluding hydrogens is 474 g/mol. The molecule has 1 aliphatic rings. The van der Waals surface area contributed by atoms with Crippen LogP contribution in [0.5, 0.6) is 11.5 Å². The van der Waals surface area contributed by atoms with Crippen molar-refractivity contribution in [2.24, 2.45) is 0 Å². The van der Waals surface area contributed by atoms with E-state index in [0.717, 1.165) is 21.0 Å². The van der Waals surface area contributed by atoms with Gasteiger partial charge in [-0.05, 0) is 54.4 Å². The van der Waals surface area contributed by atoms with Gasteiger partial charge in [0.05, 0.1) is 32.7 Å². The predicted octanol–water partition coefficient (Wildman–Crippen LogP) is 3.06. The Hall–Kier alpha value is -4.66. The van der Waals surface area contributed by atoms with E-state index in [1.54, 1.807) is 54.6 Å². The molecule has 9 heteroatoms. The summed E-state index contributed by atoms with van der Waals surface area (Å²) in [6, 6.07) is 19.1. The van der Waals surface area contributed by atoms with Gasteiger partial charge < -0.3 is 9.47 Å². The van der Waals surface area contributed by atoms with E-state index < -0.39 is 29.7 Å². The maximum atomic E-state index is 13.6. The van der Waals surface area contributed by atoms with E-state index in [2.05, 4.69) is 5.43 Å². The fourth-order valence-electron chi connectivity index (χ4n) is 4.14. The Morgan fingerprint density at radius 2 is 1.68 bits per heavy atom. The lowest BCUT2D eigenvalue weighted by molar-refractivity contribution is -0.128. The van der Waals surface area contributed by atoms with E-state index in [4.69, 9.17) is 9.47 Å². The second kappa shape index (κ2) is 10.9. The van der Waals surface area contributed by atoms with Crippen molar-refractivity contribution in [3.8, 4) is 11.5 Å². The Morgan fingerprint density at radius 1 is 0.973 bits per heavy atom. The highest BCUT2D eigenvalue weighted by Crippen LogP contribution is 2.34. The summed E-state index contributed by atoms with van der Waals surface area (Å²) < 4.78 is 10.5. The molecule has 0 saturated carbocycles. The van der Waals surface area contributed by atoms with Crippen LogP contribution in [0.4, 0.5) is 5.69 Å². The van der Waals surface area contributed by atoms with Gasteiger partial charge in [-0.15, -0.1) is 0 Å². The zero-order valence-corrected chi connectivity index (χ0v) is 20.8. The number of ether oxygens (including phenoxy) is 2. The van der Waals surface area contributed by atoms with Gasteiger partial charge in [0.1, 0.15) is 17.5 Å². The number of imide groups is 1. The van der Waals surface area contributed by atoms with Gasteiger partial charge in [0.2, 0.25) is 11.8 Å². The number of methoxy groups -OCH3 is 2. The van der Waals surface area contributed by atoms with Gasteiger partial charge in [-0.3, -0.25) is 24.6 Å². The summed E-state index contributed by atoms with van der Waals surface area (Å²) in [6.45, 7) is 1.83. The minimum atomic E-state index is -1.24. The van der Waals surface area contributed by atoms with Crippen LogP contribution in [0.3, 0.4) is 0 Å². The van der Waals surface area contributed by atoms with Crippen molar-refractivity contribution in [1.29, 1.82) is 0 Å². The molecule has 0 radical (unpaired) electrons. The second-order valence-corrected chi connectivity index (χ2v) is 8.56. The molecule has 0 aromatic heterocycles. The molecule has 3 aromatic rings. The normalized spacial score (nSPS) is 14.9. The van der Waals surface area contributed by atoms with E-state index in [9.17, 15) is 19.2 Å². The minimum absolute atomic E-state index is 0.0164. The molecule has 0 aliphatic carbocycles. The molecule has 4 amide bonds. The van der Waals surface area contributed by atoms with Crippen LogP contribution in [0.2, 0.25) is 0 Å². The maximum Gasteiger partial charge on any atom is 0.273 e. The second-order valence-electron chi connectivity index (χ2n) is 8.56. The van der Waals surface area contributed by atoms with Crippen LogP contribution in [-0.4, -0.2) is 48.9 Å². The standard InChI is InChI=1S/C28H27N3O6/c1-18-9-14-24(37-3)22(15-18)30-26(33)17-23(28(30)35)31(27(34)20-10-12-21(36-2)13-11-20)29-25(32)16-19-7-5-4-6-8-19/h4-15,23H,16-17H2,1-3H3,(H,29,32). The monoisotopic (exact) mass is 501 g/mol. The third-order valence-electron chi connectivity index (χ3n) is 6.02. The largest absolute Gasteiger partial charge is 0.497 e. The summed E-state index contributed by atoms with van der Waals surface area (Å²) in [5.41, 5.74) is 4.63. The summed E-state index contributed by atoms with van der Waals surface area (Å²) in [6.07, 6.45) is -0.319. The van der Waals surface area contributed by atoms with Gasteiger partial charge in [-0.25, -0.2) is 9.91 Å². The highest BCUT2D eigenvalue weighted by molar-refractivity contribution is 6.24. The molecule has 1 fully saturated rings. The number of carbonyl (C=O) groups excluding carboxylic acids is 4. The average Bonchev–Trinajstić information content (AvgIpc) is 3.20. The number of carbonyl (C=O) groups is 4. The van der Waals surface area contributed by atoms with Crippen molar-refractivity contribution >= 4 is 29.3 Å². The molecule has 4 rings (SSSR count). The highest BCUT2D eigenvalue weighted by atomic mass is 16.5. The summed E-state index contributed by atoms with van der Waals surface area (Å²) in [5, 5.41) is 0.954. The Balaban J connectivity index is 1.66. The number of benzene rings is 3. The number of nitrogens with zero attached hydrogens (tertiary/aromatic N) is 2. The molecule has 1 aliphatic heterocycles. The molecule has 1 heterocycles. The predicted molar refractivity (Wildman–Crippen MR) is 136 cm³/mol. The lowest BCUT2D eigenvalue weighted by Gasteiger charge is -2.28. The fourth-order valence-corrected chi connectivity index (χ4v) is 4.14. The Morgan fingerprint density at radius 3 is 2.32 bits per heavy atom. The van der Waals surface area contributed by atoms with E-state index in [1.165, 1.54) is 26.4 Å². The third kappa shape index (κ3) is 5.45. The first-order chi connectivity index (χ1) is 17.8. The highest BCUT2D eigenvalue weighted by Gasteiger charge is 2.46. The van der Waals surface area contributed by atoms with Gasteiger partial charge in [0.15, 0.2) is 0 Å². The topological polar surface area (TPSA) is 105 Å². The number of amides is 4. The van der Waals surface area contributed by atoms with Crippen LogP contribution >= 0.6 is 0 Å². The Kier molecular flexibility index (Phi) is 7.52. The van der Waals surface area contributed by atoms with Crippen LogP contribution in [0.25, 0.3) is 0 Å². The van der Waals surface area contributed by atoms with Gasteiger partial charge in [-0.2, -0.15) is 0 Å². The number of nitrogens with one attached hydrogen (secondary N) is 1. The van der Waals surface area contributed by atoms with Gasteiger partial charge in [-0.1, -0.05) is 36.4 Å². The SMILES string of the molecule is COc1ccc(C(=O)N(NC(=O)Cc2ccccc2)C2CC(=O)N(c3cc(C)ccc3OC)C2=O)cc1. The first kappa shape index (κ1) is 25.4. The number of hydrogen-bond donors (Lipinski definition) is 1. The van der Waals surface area contributed by atoms with Crippen LogP contribution < -0.4 is 19.8 Å². The molecule has 1 unspecified atom stereocenters. The fraction of sp³-hybridized carbons (Fsp3) is 0.214. The van der Waals surface area contributed by atoms with Crippen molar-refractivity contribution in [3.63, 3.8) is 0 Å². The molecule has 3 aromatic carbocycles. The number of aryl methyl sites for hydroxylation is 1. The van der Waals surface area contributed by atoms with Crippen molar-refractivity contribution in [1.82, 2.24) is 10.4 Å². The first-order valence-electron chi connectivity index (χ1n) is 11.6. The van der Waals surface area contributed by atoms with Crippen molar-refractivity contribution in [2.45, 2.75) is 25.8 Å². The summed E-state index contributed by atoms with van der Waals surface area (Å²) in [5.74, 6) is -1.40. The Labute approximate surface area is 214 Å². The van der Waals surface area contributed by atoms with Crippen molar-refractivity contribution in [2.75, 3.05) is 19.1 Å². The number of hydrazine groups is 1. The quantitative estimate of drug-likeness (QED) is 0.394. The molecule has 1 N–H and O–H groups in total. The first-order valence-corrected chi connectivity index (χ1v) is 11.6. The smallest absolute Gasteiger partial charge is 0.273 e. The van der Waals surface area contributed by atoms with Crippen LogP contribution in [0.1, 0.15) is 27.9 Å². The van der Waals surface area contributed by atoms with Crippen molar-refractivity contribution in [3.05, 3.63) is 89.5 Å². The minimum Gasteiger partial charge on any atom is -0.497 e. The molecule has 1 atom stereocenters. The maximum absolute atomic E-state index is 13.6. The molecule has 0 bridgehead atoms. The molecule has 0 spiro atoms. The zero-order valence-electron chi connectivity index (χ0n) is 20.8. The number of hydrogen-bond acceptors (Lipinski definition) is 6. The lowest BCUT2D eigenvalue weighted by Crippen LogP contribution is -2.55. The van der Waals surface area contributed by atoms with E-state index in [-0.39, 0.29) is 24.1 Å². The molecule has 9 nitrogen and oxygen atoms in total. The van der Waals surface area contributed by atoms with Gasteiger partial charge >= 0.3 is 0 Å². The molecule has 190 valence electrons. The average molecular weight is 502 g/mol. The van der Waals surface area contributed by atoms with Gasteiger partial charge in [0, 0.05) is 5.56 Å². The van der Waals surface area contributed by atoms with Crippen LogP contribution in [0.15, 0.2) is 72.8 Å². The summed E-state index contributed by atoms with van der Waals surface area (Å²) in [4.78, 5) is 54.2. The van der Waals surface area contributed by atoms with Gasteiger partial charge in [0.25, 0.3) is 11.8 Å². The van der Waals surface area contributed by atoms with Crippen LogP contribution in [-0.2, 0) is 20.8 Å². The molecular formula is C28H27N3O6. The lowest BCUT2D eigenvalue weighted by atomic mass is 10.1. The number of anilines is 1. The molecule has 37 heavy (non-hydrogen) atoms. The summed E-state index contributed by atoms with van der Waals surface area (Å²) >= 11 is 0. The number of rotatable bonds is 7. The van der Waals surface area contributed by atoms with E-state index in [0.29, 0.717) is 11.5 Å². The van der Waals surface area contributed by atoms with Crippen LogP contribution in [0, 0.1) is 6.92 Å². The van der Waals surface area contributed by atoms with E-state index in [1.807, 2.05) is 13.0 Å². The zero-order chi connectivity index (χ0) is 26.5. The van der Waals surface area contributed by atoms with E-state index >= 15 is 0 Å². The van der Waals surface area contributed by atoms with Crippen molar-refractivity contribution < 1.29 is 28.7 Å².